The fourth-order valence-electron chi connectivity index (χ4n) is 1.30. The van der Waals surface area contributed by atoms with Gasteiger partial charge in [-0.15, -0.1) is 0 Å². The highest BCUT2D eigenvalue weighted by Gasteiger charge is 2.57. The number of hydrogen-bond donors (Lipinski definition) is 0. The van der Waals surface area contributed by atoms with Gasteiger partial charge in [0, 0.05) is 3.87 Å². The zero-order chi connectivity index (χ0) is 19.2. The second kappa shape index (κ2) is 6.08. The van der Waals surface area contributed by atoms with Crippen LogP contribution in [0.15, 0.2) is 4.90 Å². The third kappa shape index (κ3) is 2.93. The lowest BCUT2D eigenvalue weighted by Gasteiger charge is -2.21. The molecule has 0 bridgehead atoms. The first kappa shape index (κ1) is 20.5. The zero-order valence-corrected chi connectivity index (χ0v) is 12.5. The van der Waals surface area contributed by atoms with E-state index in [9.17, 15) is 52.0 Å². The van der Waals surface area contributed by atoms with Crippen LogP contribution < -0.4 is 0 Å². The van der Waals surface area contributed by atoms with Crippen molar-refractivity contribution in [1.29, 1.82) is 0 Å². The molecule has 0 spiro atoms. The van der Waals surface area contributed by atoms with Gasteiger partial charge in [0.05, 0.1) is 7.11 Å². The lowest BCUT2D eigenvalue weighted by Crippen LogP contribution is -2.44. The standard InChI is InChI=1S/C8H3F8NO5S2/c1-22-17(24(20,21)8(14,15)16)23(18,19)7-5(12)3(10)2(9)4(11)6(7)13/h1H3. The lowest BCUT2D eigenvalue weighted by molar-refractivity contribution is -0.0648. The van der Waals surface area contributed by atoms with Crippen LogP contribution in [0.5, 0.6) is 0 Å². The summed E-state index contributed by atoms with van der Waals surface area (Å²) >= 11 is 0. The van der Waals surface area contributed by atoms with Crippen LogP contribution in [0.2, 0.25) is 0 Å². The third-order valence-corrected chi connectivity index (χ3v) is 5.98. The summed E-state index contributed by atoms with van der Waals surface area (Å²) in [6.45, 7) is 0. The van der Waals surface area contributed by atoms with Crippen LogP contribution in [0.25, 0.3) is 0 Å². The first-order valence-corrected chi connectivity index (χ1v) is 7.92. The molecule has 0 radical (unpaired) electrons. The van der Waals surface area contributed by atoms with Crippen LogP contribution in [0.3, 0.4) is 0 Å². The highest BCUT2D eigenvalue weighted by molar-refractivity contribution is 8.04. The predicted octanol–water partition coefficient (Wildman–Crippen LogP) is 1.78. The van der Waals surface area contributed by atoms with E-state index in [0.29, 0.717) is 0 Å². The Morgan fingerprint density at radius 2 is 1.12 bits per heavy atom. The molecular formula is C8H3F8NO5S2. The average molecular weight is 409 g/mol. The molecule has 1 rings (SSSR count). The third-order valence-electron chi connectivity index (χ3n) is 2.26. The van der Waals surface area contributed by atoms with Crippen molar-refractivity contribution in [2.45, 2.75) is 10.4 Å². The Bertz CT molecular complexity index is 850. The molecule has 0 saturated heterocycles. The van der Waals surface area contributed by atoms with Crippen LogP contribution >= 0.6 is 0 Å². The van der Waals surface area contributed by atoms with Crippen molar-refractivity contribution in [3.63, 3.8) is 0 Å². The van der Waals surface area contributed by atoms with Crippen LogP contribution in [0.1, 0.15) is 0 Å². The number of halogens is 8. The van der Waals surface area contributed by atoms with E-state index in [2.05, 4.69) is 4.84 Å². The van der Waals surface area contributed by atoms with Crippen molar-refractivity contribution in [2.24, 2.45) is 0 Å². The van der Waals surface area contributed by atoms with Gasteiger partial charge in [0.25, 0.3) is 10.0 Å². The van der Waals surface area contributed by atoms with Crippen molar-refractivity contribution >= 4 is 20.0 Å². The SMILES string of the molecule is CON(S(=O)(=O)c1c(F)c(F)c(F)c(F)c1F)S(=O)(=O)C(F)(F)F. The molecule has 0 N–H and O–H groups in total. The lowest BCUT2D eigenvalue weighted by atomic mass is 10.3. The fraction of sp³-hybridized carbons (Fsp3) is 0.250. The van der Waals surface area contributed by atoms with Gasteiger partial charge in [-0.3, -0.25) is 4.84 Å². The van der Waals surface area contributed by atoms with E-state index in [1.165, 1.54) is 0 Å². The molecule has 24 heavy (non-hydrogen) atoms. The molecule has 138 valence electrons. The van der Waals surface area contributed by atoms with Gasteiger partial charge in [-0.2, -0.15) is 21.6 Å². The van der Waals surface area contributed by atoms with E-state index in [1.54, 1.807) is 0 Å². The van der Waals surface area contributed by atoms with E-state index in [1.807, 2.05) is 0 Å². The minimum absolute atomic E-state index is 0.0346. The van der Waals surface area contributed by atoms with Crippen molar-refractivity contribution < 1.29 is 56.8 Å². The van der Waals surface area contributed by atoms with E-state index in [-0.39, 0.29) is 7.11 Å². The minimum Gasteiger partial charge on any atom is -0.273 e. The quantitative estimate of drug-likeness (QED) is 0.328. The van der Waals surface area contributed by atoms with E-state index < -0.39 is 63.4 Å². The Morgan fingerprint density at radius 3 is 1.42 bits per heavy atom. The summed E-state index contributed by atoms with van der Waals surface area (Å²) in [5, 5.41) is 0. The summed E-state index contributed by atoms with van der Waals surface area (Å²) in [5.74, 6) is -14.6. The normalized spacial score (nSPS) is 13.6. The van der Waals surface area contributed by atoms with Crippen LogP contribution in [0.4, 0.5) is 35.1 Å². The van der Waals surface area contributed by atoms with E-state index >= 15 is 0 Å². The van der Waals surface area contributed by atoms with Crippen molar-refractivity contribution in [3.8, 4) is 0 Å². The van der Waals surface area contributed by atoms with Gasteiger partial charge in [0.2, 0.25) is 5.82 Å². The van der Waals surface area contributed by atoms with E-state index in [4.69, 9.17) is 0 Å². The molecule has 0 aliphatic rings. The van der Waals surface area contributed by atoms with E-state index in [0.717, 1.165) is 0 Å². The summed E-state index contributed by atoms with van der Waals surface area (Å²) < 4.78 is 146. The summed E-state index contributed by atoms with van der Waals surface area (Å²) in [7, 11) is -13.4. The van der Waals surface area contributed by atoms with Gasteiger partial charge < -0.3 is 0 Å². The molecule has 0 aliphatic carbocycles. The Labute approximate surface area is 128 Å². The summed E-state index contributed by atoms with van der Waals surface area (Å²) in [6, 6.07) is 0. The van der Waals surface area contributed by atoms with Crippen LogP contribution in [-0.2, 0) is 24.9 Å². The molecule has 1 aromatic carbocycles. The average Bonchev–Trinajstić information content (AvgIpc) is 2.41. The molecule has 0 saturated carbocycles. The predicted molar refractivity (Wildman–Crippen MR) is 57.2 cm³/mol. The van der Waals surface area contributed by atoms with Gasteiger partial charge in [0.1, 0.15) is 0 Å². The molecule has 1 aromatic rings. The monoisotopic (exact) mass is 409 g/mol. The maximum absolute atomic E-state index is 13.4. The molecule has 0 atom stereocenters. The number of hydrogen-bond acceptors (Lipinski definition) is 5. The van der Waals surface area contributed by atoms with Crippen molar-refractivity contribution in [2.75, 3.05) is 7.11 Å². The van der Waals surface area contributed by atoms with Crippen molar-refractivity contribution in [3.05, 3.63) is 29.1 Å². The Balaban J connectivity index is 3.86. The number of nitrogens with zero attached hydrogens (tertiary/aromatic N) is 1. The summed E-state index contributed by atoms with van der Waals surface area (Å²) in [5.41, 5.74) is -6.33. The Morgan fingerprint density at radius 1 is 0.792 bits per heavy atom. The minimum atomic E-state index is -6.91. The number of alkyl halides is 3. The number of sulfonamides is 2. The zero-order valence-electron chi connectivity index (χ0n) is 10.8. The molecule has 0 aliphatic heterocycles. The first-order valence-electron chi connectivity index (χ1n) is 5.04. The smallest absolute Gasteiger partial charge is 0.273 e. The maximum atomic E-state index is 13.4. The second-order valence-electron chi connectivity index (χ2n) is 3.70. The molecule has 0 heterocycles. The maximum Gasteiger partial charge on any atom is 0.514 e. The molecular weight excluding hydrogens is 406 g/mol. The second-order valence-corrected chi connectivity index (χ2v) is 7.37. The van der Waals surface area contributed by atoms with Gasteiger partial charge >= 0.3 is 15.5 Å². The molecule has 6 nitrogen and oxygen atoms in total. The fourth-order valence-corrected chi connectivity index (χ4v) is 4.15. The summed E-state index contributed by atoms with van der Waals surface area (Å²) in [4.78, 5) is 0.607. The van der Waals surface area contributed by atoms with Crippen LogP contribution in [-0.4, -0.2) is 33.3 Å². The molecule has 0 unspecified atom stereocenters. The van der Waals surface area contributed by atoms with Crippen molar-refractivity contribution in [1.82, 2.24) is 3.87 Å². The highest BCUT2D eigenvalue weighted by Crippen LogP contribution is 2.34. The largest absolute Gasteiger partial charge is 0.514 e. The number of benzene rings is 1. The Kier molecular flexibility index (Phi) is 5.20. The van der Waals surface area contributed by atoms with Gasteiger partial charge in [0.15, 0.2) is 28.2 Å². The van der Waals surface area contributed by atoms with Gasteiger partial charge in [-0.05, 0) is 0 Å². The van der Waals surface area contributed by atoms with Gasteiger partial charge in [-0.1, -0.05) is 0 Å². The first-order chi connectivity index (χ1) is 10.6. The topological polar surface area (TPSA) is 80.8 Å². The molecule has 0 amide bonds. The molecule has 0 aromatic heterocycles. The summed E-state index contributed by atoms with van der Waals surface area (Å²) in [6.07, 6.45) is 0. The molecule has 16 heteroatoms. The molecule has 0 fully saturated rings. The van der Waals surface area contributed by atoms with Gasteiger partial charge in [-0.25, -0.2) is 30.4 Å². The Hall–Kier alpha value is -1.52. The highest BCUT2D eigenvalue weighted by atomic mass is 32.3. The van der Waals surface area contributed by atoms with Crippen LogP contribution in [0, 0.1) is 29.1 Å². The number of rotatable bonds is 4.